The Labute approximate surface area is 224 Å². The highest BCUT2D eigenvalue weighted by atomic mass is 19.1. The number of aromatic amines is 1. The van der Waals surface area contributed by atoms with Crippen LogP contribution in [0.5, 0.6) is 28.7 Å². The van der Waals surface area contributed by atoms with Crippen LogP contribution >= 0.6 is 0 Å². The molecule has 0 spiro atoms. The zero-order chi connectivity index (χ0) is 27.5. The predicted octanol–water partition coefficient (Wildman–Crippen LogP) is 4.10. The molecule has 1 atom stereocenters. The molecule has 1 aliphatic heterocycles. The van der Waals surface area contributed by atoms with Gasteiger partial charge in [-0.3, -0.25) is 4.79 Å². The number of carbonyl (C=O) groups excluding carboxylic acids is 1. The van der Waals surface area contributed by atoms with Gasteiger partial charge in [-0.2, -0.15) is 0 Å². The van der Waals surface area contributed by atoms with E-state index in [4.69, 9.17) is 23.7 Å². The number of aromatic nitrogens is 1. The van der Waals surface area contributed by atoms with Gasteiger partial charge in [0.25, 0.3) is 5.91 Å². The molecule has 3 N–H and O–H groups in total. The highest BCUT2D eigenvalue weighted by molar-refractivity contribution is 6.00. The molecule has 39 heavy (non-hydrogen) atoms. The van der Waals surface area contributed by atoms with Crippen molar-refractivity contribution in [1.29, 1.82) is 0 Å². The van der Waals surface area contributed by atoms with Crippen molar-refractivity contribution < 1.29 is 38.0 Å². The SMILES string of the molecule is COc1cc(-c2cc3c(c(C(=O)NC(CO)Cc4c[nH]c5cc(F)ccc45)c2)OCCO3)cc(OC)c1OC. The Morgan fingerprint density at radius 2 is 1.74 bits per heavy atom. The Morgan fingerprint density at radius 3 is 2.44 bits per heavy atom. The van der Waals surface area contributed by atoms with Crippen LogP contribution in [0.4, 0.5) is 4.39 Å². The first-order valence-corrected chi connectivity index (χ1v) is 12.4. The molecule has 0 radical (unpaired) electrons. The molecule has 204 valence electrons. The molecule has 0 saturated heterocycles. The lowest BCUT2D eigenvalue weighted by molar-refractivity contribution is 0.0906. The monoisotopic (exact) mass is 536 g/mol. The number of rotatable bonds is 9. The van der Waals surface area contributed by atoms with Gasteiger partial charge in [-0.15, -0.1) is 0 Å². The van der Waals surface area contributed by atoms with E-state index in [1.54, 1.807) is 36.5 Å². The molecule has 0 bridgehead atoms. The number of aliphatic hydroxyl groups excluding tert-OH is 1. The lowest BCUT2D eigenvalue weighted by Gasteiger charge is -2.24. The largest absolute Gasteiger partial charge is 0.493 e. The van der Waals surface area contributed by atoms with Gasteiger partial charge in [0.05, 0.1) is 39.5 Å². The number of hydrogen-bond donors (Lipinski definition) is 3. The summed E-state index contributed by atoms with van der Waals surface area (Å²) in [6.07, 6.45) is 2.09. The van der Waals surface area contributed by atoms with Crippen LogP contribution < -0.4 is 29.0 Å². The summed E-state index contributed by atoms with van der Waals surface area (Å²) in [5.41, 5.74) is 3.13. The Bertz CT molecular complexity index is 1490. The minimum absolute atomic E-state index is 0.260. The number of H-pyrrole nitrogens is 1. The van der Waals surface area contributed by atoms with Gasteiger partial charge >= 0.3 is 0 Å². The van der Waals surface area contributed by atoms with E-state index < -0.39 is 11.9 Å². The van der Waals surface area contributed by atoms with E-state index in [2.05, 4.69) is 10.3 Å². The van der Waals surface area contributed by atoms with E-state index in [9.17, 15) is 14.3 Å². The second-order valence-electron chi connectivity index (χ2n) is 9.02. The van der Waals surface area contributed by atoms with Crippen molar-refractivity contribution in [2.75, 3.05) is 41.2 Å². The molecule has 1 unspecified atom stereocenters. The Morgan fingerprint density at radius 1 is 1.03 bits per heavy atom. The van der Waals surface area contributed by atoms with Crippen molar-refractivity contribution in [1.82, 2.24) is 10.3 Å². The Hall–Kier alpha value is -4.44. The van der Waals surface area contributed by atoms with Crippen molar-refractivity contribution in [2.45, 2.75) is 12.5 Å². The van der Waals surface area contributed by atoms with Crippen molar-refractivity contribution in [3.8, 4) is 39.9 Å². The van der Waals surface area contributed by atoms with Crippen LogP contribution in [-0.2, 0) is 6.42 Å². The lowest BCUT2D eigenvalue weighted by Crippen LogP contribution is -2.39. The first-order valence-electron chi connectivity index (χ1n) is 12.4. The van der Waals surface area contributed by atoms with Crippen LogP contribution in [-0.4, -0.2) is 63.2 Å². The average Bonchev–Trinajstić information content (AvgIpc) is 3.36. The van der Waals surface area contributed by atoms with E-state index in [1.165, 1.54) is 33.5 Å². The first-order chi connectivity index (χ1) is 18.9. The second-order valence-corrected chi connectivity index (χ2v) is 9.02. The third-order valence-corrected chi connectivity index (χ3v) is 6.64. The molecule has 3 aromatic carbocycles. The lowest BCUT2D eigenvalue weighted by atomic mass is 9.99. The molecule has 0 fully saturated rings. The third kappa shape index (κ3) is 5.15. The fourth-order valence-electron chi connectivity index (χ4n) is 4.75. The molecule has 0 saturated carbocycles. The predicted molar refractivity (Wildman–Crippen MR) is 143 cm³/mol. The third-order valence-electron chi connectivity index (χ3n) is 6.64. The molecule has 9 nitrogen and oxygen atoms in total. The van der Waals surface area contributed by atoms with Gasteiger partial charge in [0.15, 0.2) is 23.0 Å². The molecule has 10 heteroatoms. The Balaban J connectivity index is 1.48. The summed E-state index contributed by atoms with van der Waals surface area (Å²) in [6.45, 7) is 0.338. The number of halogens is 1. The summed E-state index contributed by atoms with van der Waals surface area (Å²) in [5, 5.41) is 13.8. The van der Waals surface area contributed by atoms with Gasteiger partial charge in [-0.05, 0) is 65.6 Å². The van der Waals surface area contributed by atoms with Crippen LogP contribution in [0.2, 0.25) is 0 Å². The van der Waals surface area contributed by atoms with Crippen molar-refractivity contribution in [3.63, 3.8) is 0 Å². The van der Waals surface area contributed by atoms with Gasteiger partial charge in [0.1, 0.15) is 19.0 Å². The van der Waals surface area contributed by atoms with Gasteiger partial charge in [0.2, 0.25) is 5.75 Å². The molecular formula is C29H29FN2O7. The average molecular weight is 537 g/mol. The van der Waals surface area contributed by atoms with Crippen LogP contribution in [0, 0.1) is 5.82 Å². The summed E-state index contributed by atoms with van der Waals surface area (Å²) in [6, 6.07) is 10.9. The zero-order valence-electron chi connectivity index (χ0n) is 21.8. The number of nitrogens with one attached hydrogen (secondary N) is 2. The summed E-state index contributed by atoms with van der Waals surface area (Å²) >= 11 is 0. The molecule has 4 aromatic rings. The van der Waals surface area contributed by atoms with E-state index in [1.807, 2.05) is 0 Å². The number of benzene rings is 3. The molecule has 2 heterocycles. The maximum atomic E-state index is 13.6. The summed E-state index contributed by atoms with van der Waals surface area (Å²) < 4.78 is 41.7. The maximum absolute atomic E-state index is 13.6. The van der Waals surface area contributed by atoms with E-state index in [0.29, 0.717) is 65.0 Å². The van der Waals surface area contributed by atoms with Gasteiger partial charge < -0.3 is 39.1 Å². The van der Waals surface area contributed by atoms with Gasteiger partial charge in [0, 0.05) is 17.1 Å². The van der Waals surface area contributed by atoms with Crippen LogP contribution in [0.3, 0.4) is 0 Å². The zero-order valence-corrected chi connectivity index (χ0v) is 21.8. The first kappa shape index (κ1) is 26.2. The minimum atomic E-state index is -0.605. The van der Waals surface area contributed by atoms with Crippen LogP contribution in [0.15, 0.2) is 48.7 Å². The van der Waals surface area contributed by atoms with Crippen molar-refractivity contribution in [2.24, 2.45) is 0 Å². The minimum Gasteiger partial charge on any atom is -0.493 e. The molecule has 1 aromatic heterocycles. The fraction of sp³-hybridized carbons (Fsp3) is 0.276. The Kier molecular flexibility index (Phi) is 7.47. The highest BCUT2D eigenvalue weighted by Crippen LogP contribution is 2.44. The number of methoxy groups -OCH3 is 3. The number of ether oxygens (including phenoxy) is 5. The van der Waals surface area contributed by atoms with Crippen LogP contribution in [0.1, 0.15) is 15.9 Å². The van der Waals surface area contributed by atoms with Crippen LogP contribution in [0.25, 0.3) is 22.0 Å². The number of amides is 1. The molecule has 1 aliphatic rings. The van der Waals surface area contributed by atoms with Gasteiger partial charge in [-0.1, -0.05) is 0 Å². The summed E-state index contributed by atoms with van der Waals surface area (Å²) in [7, 11) is 4.59. The normalized spacial score (nSPS) is 13.2. The van der Waals surface area contributed by atoms with Crippen molar-refractivity contribution in [3.05, 3.63) is 65.6 Å². The maximum Gasteiger partial charge on any atom is 0.255 e. The number of aliphatic hydroxyl groups is 1. The second kappa shape index (κ2) is 11.1. The van der Waals surface area contributed by atoms with E-state index >= 15 is 0 Å². The number of hydrogen-bond acceptors (Lipinski definition) is 7. The smallest absolute Gasteiger partial charge is 0.255 e. The standard InChI is InChI=1S/C29H29FN2O7/c1-35-24-10-17(11-25(36-2)28(24)37-3)16-9-22(27-26(12-16)38-6-7-39-27)29(34)32-20(15-33)8-18-14-31-23-13-19(30)4-5-21(18)23/h4-5,9-14,20,31,33H,6-8,15H2,1-3H3,(H,32,34). The fourth-order valence-corrected chi connectivity index (χ4v) is 4.75. The van der Waals surface area contributed by atoms with E-state index in [0.717, 1.165) is 10.9 Å². The summed E-state index contributed by atoms with van der Waals surface area (Å²) in [5.74, 6) is 1.35. The number of fused-ring (bicyclic) bond motifs is 2. The highest BCUT2D eigenvalue weighted by Gasteiger charge is 2.26. The van der Waals surface area contributed by atoms with Crippen molar-refractivity contribution >= 4 is 16.8 Å². The molecule has 1 amide bonds. The number of carbonyl (C=O) groups is 1. The molecule has 5 rings (SSSR count). The van der Waals surface area contributed by atoms with E-state index in [-0.39, 0.29) is 18.0 Å². The molecule has 0 aliphatic carbocycles. The summed E-state index contributed by atoms with van der Waals surface area (Å²) in [4.78, 5) is 16.6. The topological polar surface area (TPSA) is 111 Å². The molecular weight excluding hydrogens is 507 g/mol. The quantitative estimate of drug-likeness (QED) is 0.295. The van der Waals surface area contributed by atoms with Gasteiger partial charge in [-0.25, -0.2) is 4.39 Å².